The number of rotatable bonds is 10. The molecule has 0 spiro atoms. The van der Waals surface area contributed by atoms with Crippen molar-refractivity contribution in [1.29, 1.82) is 0 Å². The summed E-state index contributed by atoms with van der Waals surface area (Å²) in [6.45, 7) is 9.27. The molecule has 1 saturated carbocycles. The van der Waals surface area contributed by atoms with Gasteiger partial charge in [-0.3, -0.25) is 4.79 Å². The van der Waals surface area contributed by atoms with Gasteiger partial charge in [-0.2, -0.15) is 0 Å². The van der Waals surface area contributed by atoms with Gasteiger partial charge in [0.2, 0.25) is 0 Å². The Morgan fingerprint density at radius 3 is 2.64 bits per heavy atom. The van der Waals surface area contributed by atoms with Gasteiger partial charge in [-0.25, -0.2) is 13.2 Å². The average molecular weight is 498 g/mol. The minimum atomic E-state index is -1.58. The van der Waals surface area contributed by atoms with Crippen molar-refractivity contribution in [3.05, 3.63) is 71.0 Å². The zero-order chi connectivity index (χ0) is 24.1. The third-order valence-corrected chi connectivity index (χ3v) is 7.90. The molecule has 0 saturated heterocycles. The van der Waals surface area contributed by atoms with Crippen molar-refractivity contribution in [2.45, 2.75) is 36.8 Å². The summed E-state index contributed by atoms with van der Waals surface area (Å²) in [6, 6.07) is 6.33. The number of benzene rings is 2. The number of carbonyl (C=O) groups excluding carboxylic acids is 1. The van der Waals surface area contributed by atoms with Crippen LogP contribution in [0.25, 0.3) is 0 Å². The molecule has 8 heteroatoms. The Labute approximate surface area is 201 Å². The number of carbonyl (C=O) groups is 1. The van der Waals surface area contributed by atoms with Gasteiger partial charge in [-0.05, 0) is 48.8 Å². The van der Waals surface area contributed by atoms with E-state index in [0.717, 1.165) is 29.9 Å². The predicted octanol–water partition coefficient (Wildman–Crippen LogP) is 7.36. The molecule has 4 atom stereocenters. The highest BCUT2D eigenvalue weighted by atomic mass is 35.5. The van der Waals surface area contributed by atoms with Gasteiger partial charge in [-0.15, -0.1) is 18.3 Å². The summed E-state index contributed by atoms with van der Waals surface area (Å²) >= 11 is 8.06. The lowest BCUT2D eigenvalue weighted by molar-refractivity contribution is 0.0998. The highest BCUT2D eigenvalue weighted by Gasteiger charge is 2.39. The summed E-state index contributed by atoms with van der Waals surface area (Å²) in [6.07, 6.45) is 3.91. The normalized spacial score (nSPS) is 20.7. The number of hydrogen-bond acceptors (Lipinski definition) is 3. The summed E-state index contributed by atoms with van der Waals surface area (Å²) < 4.78 is 45.6. The predicted molar refractivity (Wildman–Crippen MR) is 127 cm³/mol. The Morgan fingerprint density at radius 2 is 2.00 bits per heavy atom. The average Bonchev–Trinajstić information content (AvgIpc) is 2.76. The Kier molecular flexibility index (Phi) is 8.90. The van der Waals surface area contributed by atoms with Crippen molar-refractivity contribution >= 4 is 35.0 Å². The summed E-state index contributed by atoms with van der Waals surface area (Å²) in [7, 11) is 0. The zero-order valence-corrected chi connectivity index (χ0v) is 20.1. The quantitative estimate of drug-likeness (QED) is 0.212. The van der Waals surface area contributed by atoms with Gasteiger partial charge in [-0.1, -0.05) is 31.5 Å². The molecule has 3 nitrogen and oxygen atoms in total. The second kappa shape index (κ2) is 11.4. The lowest BCUT2D eigenvalue weighted by atomic mass is 9.71. The van der Waals surface area contributed by atoms with Crippen molar-refractivity contribution in [2.75, 3.05) is 18.5 Å². The van der Waals surface area contributed by atoms with Crippen molar-refractivity contribution < 1.29 is 22.7 Å². The number of hydrogen-bond donors (Lipinski definition) is 1. The highest BCUT2D eigenvalue weighted by molar-refractivity contribution is 8.00. The maximum Gasteiger partial charge on any atom is 0.255 e. The van der Waals surface area contributed by atoms with Crippen LogP contribution >= 0.6 is 23.4 Å². The molecule has 178 valence electrons. The van der Waals surface area contributed by atoms with E-state index in [1.165, 1.54) is 0 Å². The zero-order valence-electron chi connectivity index (χ0n) is 18.5. The van der Waals surface area contributed by atoms with Crippen molar-refractivity contribution in [2.24, 2.45) is 17.8 Å². The maximum atomic E-state index is 13.4. The van der Waals surface area contributed by atoms with Gasteiger partial charge in [0.05, 0.1) is 11.6 Å². The fraction of sp³-hybridized carbons (Fsp3) is 0.400. The van der Waals surface area contributed by atoms with Crippen molar-refractivity contribution in [3.8, 4) is 0 Å². The lowest BCUT2D eigenvalue weighted by Gasteiger charge is -2.44. The number of anilines is 1. The topological polar surface area (TPSA) is 38.3 Å². The summed E-state index contributed by atoms with van der Waals surface area (Å²) in [5, 5.41) is 3.31. The van der Waals surface area contributed by atoms with E-state index in [0.29, 0.717) is 46.8 Å². The van der Waals surface area contributed by atoms with E-state index in [-0.39, 0.29) is 5.69 Å². The summed E-state index contributed by atoms with van der Waals surface area (Å²) in [5.74, 6) is -3.42. The number of halogens is 4. The molecule has 4 unspecified atom stereocenters. The minimum absolute atomic E-state index is 0.166. The van der Waals surface area contributed by atoms with E-state index in [4.69, 9.17) is 16.3 Å². The van der Waals surface area contributed by atoms with E-state index in [1.807, 2.05) is 0 Å². The van der Waals surface area contributed by atoms with E-state index < -0.39 is 23.4 Å². The van der Waals surface area contributed by atoms with Gasteiger partial charge in [0.25, 0.3) is 5.91 Å². The van der Waals surface area contributed by atoms with Crippen LogP contribution in [0.1, 0.15) is 37.0 Å². The van der Waals surface area contributed by atoms with Crippen LogP contribution in [0, 0.1) is 35.2 Å². The largest absolute Gasteiger partial charge is 0.377 e. The monoisotopic (exact) mass is 497 g/mol. The second-order valence-corrected chi connectivity index (χ2v) is 10.2. The first kappa shape index (κ1) is 25.7. The third-order valence-electron chi connectivity index (χ3n) is 5.74. The van der Waals surface area contributed by atoms with Crippen molar-refractivity contribution in [3.63, 3.8) is 0 Å². The first-order valence-corrected chi connectivity index (χ1v) is 12.1. The van der Waals surface area contributed by atoms with Crippen LogP contribution in [-0.2, 0) is 4.74 Å². The molecule has 3 rings (SSSR count). The minimum Gasteiger partial charge on any atom is -0.377 e. The molecule has 1 aliphatic rings. The molecule has 1 N–H and O–H groups in total. The molecule has 0 heterocycles. The molecule has 2 aromatic carbocycles. The van der Waals surface area contributed by atoms with E-state index in [1.54, 1.807) is 36.0 Å². The Hall–Kier alpha value is -1.96. The fourth-order valence-electron chi connectivity index (χ4n) is 4.11. The van der Waals surface area contributed by atoms with Gasteiger partial charge >= 0.3 is 0 Å². The molecule has 1 fully saturated rings. The molecular formula is C25H27ClF3NO2S. The molecule has 0 aliphatic heterocycles. The van der Waals surface area contributed by atoms with Crippen LogP contribution in [0.5, 0.6) is 0 Å². The molecule has 0 bridgehead atoms. The lowest BCUT2D eigenvalue weighted by Crippen LogP contribution is -2.39. The van der Waals surface area contributed by atoms with Gasteiger partial charge in [0.15, 0.2) is 17.5 Å². The first-order valence-electron chi connectivity index (χ1n) is 10.8. The van der Waals surface area contributed by atoms with Crippen LogP contribution in [0.2, 0.25) is 5.02 Å². The highest BCUT2D eigenvalue weighted by Crippen LogP contribution is 2.49. The number of amides is 1. The molecule has 0 radical (unpaired) electrons. The van der Waals surface area contributed by atoms with Gasteiger partial charge in [0.1, 0.15) is 0 Å². The summed E-state index contributed by atoms with van der Waals surface area (Å²) in [5.41, 5.74) is 0.127. The smallest absolute Gasteiger partial charge is 0.255 e. The van der Waals surface area contributed by atoms with Gasteiger partial charge in [0, 0.05) is 40.1 Å². The maximum absolute atomic E-state index is 13.4. The van der Waals surface area contributed by atoms with Crippen LogP contribution < -0.4 is 5.32 Å². The van der Waals surface area contributed by atoms with E-state index >= 15 is 0 Å². The SMILES string of the molecule is C=CCOCC(C)CC1CC(C)C1Sc1cc(C(=O)Nc2cc(F)c(F)c(F)c2)ccc1Cl. The van der Waals surface area contributed by atoms with Crippen molar-refractivity contribution in [1.82, 2.24) is 0 Å². The van der Waals surface area contributed by atoms with E-state index in [9.17, 15) is 18.0 Å². The number of ether oxygens (including phenoxy) is 1. The molecular weight excluding hydrogens is 471 g/mol. The molecule has 1 aliphatic carbocycles. The van der Waals surface area contributed by atoms with Crippen LogP contribution in [0.15, 0.2) is 47.9 Å². The third kappa shape index (κ3) is 6.55. The van der Waals surface area contributed by atoms with Crippen LogP contribution in [0.4, 0.5) is 18.9 Å². The summed E-state index contributed by atoms with van der Waals surface area (Å²) in [4.78, 5) is 13.4. The Morgan fingerprint density at radius 1 is 1.30 bits per heavy atom. The number of thioether (sulfide) groups is 1. The first-order chi connectivity index (χ1) is 15.7. The Bertz CT molecular complexity index is 996. The fourth-order valence-corrected chi connectivity index (χ4v) is 5.79. The molecule has 1 amide bonds. The van der Waals surface area contributed by atoms with Gasteiger partial charge < -0.3 is 10.1 Å². The molecule has 2 aromatic rings. The molecule has 0 aromatic heterocycles. The Balaban J connectivity index is 1.67. The van der Waals surface area contributed by atoms with Crippen LogP contribution in [0.3, 0.4) is 0 Å². The second-order valence-electron chi connectivity index (χ2n) is 8.58. The van der Waals surface area contributed by atoms with E-state index in [2.05, 4.69) is 25.7 Å². The number of nitrogens with one attached hydrogen (secondary N) is 1. The molecule has 33 heavy (non-hydrogen) atoms. The van der Waals surface area contributed by atoms with Crippen LogP contribution in [-0.4, -0.2) is 24.4 Å². The standard InChI is InChI=1S/C25H27ClF3NO2S/c1-4-7-32-13-14(2)8-17-9-15(3)24(17)33-22-10-16(5-6-19(22)26)25(31)30-18-11-20(27)23(29)21(28)12-18/h4-6,10-12,14-15,17,24H,1,7-9,13H2,2-3H3,(H,30,31).